The molecule has 1 saturated heterocycles. The van der Waals surface area contributed by atoms with E-state index in [2.05, 4.69) is 4.72 Å². The summed E-state index contributed by atoms with van der Waals surface area (Å²) in [7, 11) is -3.21. The second kappa shape index (κ2) is 5.10. The van der Waals surface area contributed by atoms with Crippen LogP contribution in [0.25, 0.3) is 0 Å². The fourth-order valence-corrected chi connectivity index (χ4v) is 4.66. The van der Waals surface area contributed by atoms with Gasteiger partial charge >= 0.3 is 0 Å². The summed E-state index contributed by atoms with van der Waals surface area (Å²) in [5, 5.41) is 0. The average Bonchev–Trinajstić information content (AvgIpc) is 3.18. The Morgan fingerprint density at radius 1 is 1.26 bits per heavy atom. The van der Waals surface area contributed by atoms with E-state index >= 15 is 0 Å². The number of fused-ring (bicyclic) bond motifs is 3. The van der Waals surface area contributed by atoms with Crippen molar-refractivity contribution in [1.29, 1.82) is 0 Å². The lowest BCUT2D eigenvalue weighted by atomic mass is 10.0. The number of sulfonamides is 1. The number of hydrogen-bond donors (Lipinski definition) is 1. The molecule has 8 heteroatoms. The van der Waals surface area contributed by atoms with Gasteiger partial charge in [0.1, 0.15) is 0 Å². The number of rotatable bonds is 3. The lowest BCUT2D eigenvalue weighted by molar-refractivity contribution is 0.0691. The van der Waals surface area contributed by atoms with E-state index in [0.29, 0.717) is 30.0 Å². The maximum atomic E-state index is 12.7. The lowest BCUT2D eigenvalue weighted by Gasteiger charge is -2.31. The number of carbonyl (C=O) groups excluding carboxylic acids is 1. The second-order valence-electron chi connectivity index (χ2n) is 6.41. The Hall–Kier alpha value is -1.80. The summed E-state index contributed by atoms with van der Waals surface area (Å²) in [6, 6.07) is 5.24. The zero-order chi connectivity index (χ0) is 16.2. The average molecular weight is 338 g/mol. The van der Waals surface area contributed by atoms with E-state index in [1.807, 2.05) is 4.90 Å². The molecule has 2 fully saturated rings. The van der Waals surface area contributed by atoms with E-state index < -0.39 is 10.0 Å². The molecule has 2 heterocycles. The van der Waals surface area contributed by atoms with Crippen LogP contribution in [0.2, 0.25) is 0 Å². The monoisotopic (exact) mass is 338 g/mol. The smallest absolute Gasteiger partial charge is 0.254 e. The minimum absolute atomic E-state index is 0.0337. The highest BCUT2D eigenvalue weighted by atomic mass is 32.2. The van der Waals surface area contributed by atoms with Crippen LogP contribution in [0.5, 0.6) is 11.5 Å². The van der Waals surface area contributed by atoms with Crippen molar-refractivity contribution in [2.24, 2.45) is 5.92 Å². The first-order valence-corrected chi connectivity index (χ1v) is 9.48. The van der Waals surface area contributed by atoms with Crippen molar-refractivity contribution >= 4 is 15.9 Å². The number of nitrogens with zero attached hydrogens (tertiary/aromatic N) is 1. The topological polar surface area (TPSA) is 84.9 Å². The van der Waals surface area contributed by atoms with Gasteiger partial charge in [-0.05, 0) is 37.0 Å². The van der Waals surface area contributed by atoms with Crippen molar-refractivity contribution in [2.45, 2.75) is 24.9 Å². The quantitative estimate of drug-likeness (QED) is 0.871. The second-order valence-corrected chi connectivity index (χ2v) is 8.19. The van der Waals surface area contributed by atoms with Gasteiger partial charge in [-0.2, -0.15) is 0 Å². The number of carbonyl (C=O) groups is 1. The number of nitrogens with one attached hydrogen (secondary N) is 1. The van der Waals surface area contributed by atoms with E-state index in [-0.39, 0.29) is 30.7 Å². The van der Waals surface area contributed by atoms with Crippen LogP contribution in [-0.4, -0.2) is 50.9 Å². The number of amides is 1. The fraction of sp³-hybridized carbons (Fsp3) is 0.533. The number of hydrogen-bond acceptors (Lipinski definition) is 5. The van der Waals surface area contributed by atoms with Crippen LogP contribution in [0.3, 0.4) is 0 Å². The molecule has 1 aromatic rings. The molecule has 1 amide bonds. The number of benzene rings is 1. The minimum Gasteiger partial charge on any atom is -0.454 e. The first kappa shape index (κ1) is 14.8. The lowest BCUT2D eigenvalue weighted by Crippen LogP contribution is -2.47. The molecule has 1 saturated carbocycles. The van der Waals surface area contributed by atoms with Gasteiger partial charge in [-0.3, -0.25) is 4.79 Å². The molecule has 1 N–H and O–H groups in total. The third-order valence-corrected chi connectivity index (χ3v) is 5.52. The molecule has 3 aliphatic rings. The van der Waals surface area contributed by atoms with Crippen molar-refractivity contribution < 1.29 is 22.7 Å². The van der Waals surface area contributed by atoms with Crippen molar-refractivity contribution in [3.8, 4) is 11.5 Å². The molecule has 2 bridgehead atoms. The van der Waals surface area contributed by atoms with Crippen LogP contribution < -0.4 is 14.2 Å². The van der Waals surface area contributed by atoms with E-state index in [9.17, 15) is 13.2 Å². The molecule has 23 heavy (non-hydrogen) atoms. The van der Waals surface area contributed by atoms with Gasteiger partial charge in [-0.15, -0.1) is 0 Å². The van der Waals surface area contributed by atoms with Gasteiger partial charge in [0, 0.05) is 24.2 Å². The normalized spacial score (nSPS) is 28.4. The summed E-state index contributed by atoms with van der Waals surface area (Å²) in [5.41, 5.74) is 0.578. The Morgan fingerprint density at radius 2 is 2.04 bits per heavy atom. The van der Waals surface area contributed by atoms with Gasteiger partial charge in [0.15, 0.2) is 11.5 Å². The Bertz CT molecular complexity index is 763. The highest BCUT2D eigenvalue weighted by Gasteiger charge is 2.47. The highest BCUT2D eigenvalue weighted by Crippen LogP contribution is 2.40. The summed E-state index contributed by atoms with van der Waals surface area (Å²) in [6.45, 7) is 0.769. The molecule has 0 aromatic heterocycles. The molecular formula is C15H18N2O5S. The molecule has 0 spiro atoms. The molecule has 2 aliphatic heterocycles. The van der Waals surface area contributed by atoms with Gasteiger partial charge in [-0.25, -0.2) is 13.1 Å². The summed E-state index contributed by atoms with van der Waals surface area (Å²) >= 11 is 0. The SMILES string of the molecule is CS(=O)(=O)N[C@H]1C[C@@H]2C[C@H]1CN2C(=O)c1ccc2c(c1)OCO2. The van der Waals surface area contributed by atoms with Gasteiger partial charge in [0.2, 0.25) is 16.8 Å². The van der Waals surface area contributed by atoms with Crippen LogP contribution in [0.1, 0.15) is 23.2 Å². The summed E-state index contributed by atoms with van der Waals surface area (Å²) in [6.07, 6.45) is 2.70. The van der Waals surface area contributed by atoms with E-state index in [0.717, 1.165) is 6.42 Å². The molecule has 1 aliphatic carbocycles. The predicted molar refractivity (Wildman–Crippen MR) is 81.9 cm³/mol. The number of ether oxygens (including phenoxy) is 2. The molecule has 124 valence electrons. The Morgan fingerprint density at radius 3 is 2.74 bits per heavy atom. The van der Waals surface area contributed by atoms with Crippen molar-refractivity contribution in [2.75, 3.05) is 19.6 Å². The largest absolute Gasteiger partial charge is 0.454 e. The van der Waals surface area contributed by atoms with Gasteiger partial charge in [0.05, 0.1) is 6.26 Å². The fourth-order valence-electron chi connectivity index (χ4n) is 3.82. The first-order chi connectivity index (χ1) is 10.9. The van der Waals surface area contributed by atoms with Crippen LogP contribution in [0.15, 0.2) is 18.2 Å². The maximum Gasteiger partial charge on any atom is 0.254 e. The molecule has 0 unspecified atom stereocenters. The molecular weight excluding hydrogens is 320 g/mol. The Labute approximate surface area is 134 Å². The standard InChI is InChI=1S/C15H18N2O5S/c1-23(19,20)16-12-6-11-4-10(12)7-17(11)15(18)9-2-3-13-14(5-9)22-8-21-13/h2-3,5,10-12,16H,4,6-8H2,1H3/t10-,11-,12-/m0/s1. The number of likely N-dealkylation sites (tertiary alicyclic amines) is 1. The molecule has 4 rings (SSSR count). The van der Waals surface area contributed by atoms with Gasteiger partial charge in [-0.1, -0.05) is 0 Å². The minimum atomic E-state index is -3.21. The first-order valence-electron chi connectivity index (χ1n) is 7.58. The zero-order valence-corrected chi connectivity index (χ0v) is 13.5. The van der Waals surface area contributed by atoms with E-state index in [1.165, 1.54) is 6.26 Å². The number of piperidine rings is 1. The van der Waals surface area contributed by atoms with Crippen molar-refractivity contribution in [3.63, 3.8) is 0 Å². The van der Waals surface area contributed by atoms with E-state index in [1.54, 1.807) is 18.2 Å². The third-order valence-electron chi connectivity index (χ3n) is 4.79. The van der Waals surface area contributed by atoms with Crippen LogP contribution in [0.4, 0.5) is 0 Å². The summed E-state index contributed by atoms with van der Waals surface area (Å²) in [5.74, 6) is 1.40. The summed E-state index contributed by atoms with van der Waals surface area (Å²) < 4.78 is 36.0. The Kier molecular flexibility index (Phi) is 3.28. The summed E-state index contributed by atoms with van der Waals surface area (Å²) in [4.78, 5) is 14.6. The van der Waals surface area contributed by atoms with Gasteiger partial charge < -0.3 is 14.4 Å². The van der Waals surface area contributed by atoms with Gasteiger partial charge in [0.25, 0.3) is 5.91 Å². The predicted octanol–water partition coefficient (Wildman–Crippen LogP) is 0.568. The van der Waals surface area contributed by atoms with E-state index in [4.69, 9.17) is 9.47 Å². The molecule has 0 radical (unpaired) electrons. The van der Waals surface area contributed by atoms with Crippen LogP contribution >= 0.6 is 0 Å². The zero-order valence-electron chi connectivity index (χ0n) is 12.7. The molecule has 7 nitrogen and oxygen atoms in total. The molecule has 1 aromatic carbocycles. The maximum absolute atomic E-state index is 12.7. The van der Waals surface area contributed by atoms with Crippen molar-refractivity contribution in [1.82, 2.24) is 9.62 Å². The third kappa shape index (κ3) is 2.66. The Balaban J connectivity index is 1.48. The highest BCUT2D eigenvalue weighted by molar-refractivity contribution is 7.88. The molecule has 3 atom stereocenters. The van der Waals surface area contributed by atoms with Crippen LogP contribution in [0, 0.1) is 5.92 Å². The van der Waals surface area contributed by atoms with Crippen molar-refractivity contribution in [3.05, 3.63) is 23.8 Å². The van der Waals surface area contributed by atoms with Crippen LogP contribution in [-0.2, 0) is 10.0 Å².